The first-order valence-electron chi connectivity index (χ1n) is 5.44. The largest absolute Gasteiger partial charge is 0.454 e. The van der Waals surface area contributed by atoms with Crippen molar-refractivity contribution in [2.45, 2.75) is 13.3 Å². The number of pyridine rings is 1. The highest BCUT2D eigenvalue weighted by Crippen LogP contribution is 2.24. The summed E-state index contributed by atoms with van der Waals surface area (Å²) in [5.41, 5.74) is 1.69. The molecule has 17 heavy (non-hydrogen) atoms. The molecule has 0 saturated carbocycles. The standard InChI is InChI=1S/C14H12N2O/c1-2-11-4-3-5-13(8-11)17-14-10-16-7-6-12(14)9-15/h3-8,10H,2H2,1H3. The van der Waals surface area contributed by atoms with E-state index in [9.17, 15) is 0 Å². The lowest BCUT2D eigenvalue weighted by atomic mass is 10.2. The predicted octanol–water partition coefficient (Wildman–Crippen LogP) is 3.31. The van der Waals surface area contributed by atoms with E-state index in [4.69, 9.17) is 10.00 Å². The molecule has 0 aliphatic heterocycles. The van der Waals surface area contributed by atoms with Gasteiger partial charge < -0.3 is 4.74 Å². The smallest absolute Gasteiger partial charge is 0.163 e. The number of benzene rings is 1. The van der Waals surface area contributed by atoms with Crippen LogP contribution in [0.4, 0.5) is 0 Å². The van der Waals surface area contributed by atoms with Crippen LogP contribution in [0, 0.1) is 11.3 Å². The molecule has 0 aliphatic rings. The van der Waals surface area contributed by atoms with E-state index in [1.807, 2.05) is 24.3 Å². The highest BCUT2D eigenvalue weighted by atomic mass is 16.5. The van der Waals surface area contributed by atoms with E-state index in [-0.39, 0.29) is 0 Å². The monoisotopic (exact) mass is 224 g/mol. The van der Waals surface area contributed by atoms with Crippen LogP contribution in [0.2, 0.25) is 0 Å². The van der Waals surface area contributed by atoms with E-state index in [2.05, 4.69) is 18.0 Å². The number of nitriles is 1. The van der Waals surface area contributed by atoms with Crippen molar-refractivity contribution >= 4 is 0 Å². The van der Waals surface area contributed by atoms with Gasteiger partial charge in [0.15, 0.2) is 5.75 Å². The van der Waals surface area contributed by atoms with Crippen LogP contribution in [0.25, 0.3) is 0 Å². The van der Waals surface area contributed by atoms with Gasteiger partial charge in [0.2, 0.25) is 0 Å². The average Bonchev–Trinajstić information content (AvgIpc) is 2.39. The number of rotatable bonds is 3. The highest BCUT2D eigenvalue weighted by molar-refractivity contribution is 5.43. The second kappa shape index (κ2) is 5.13. The Morgan fingerprint density at radius 1 is 1.35 bits per heavy atom. The lowest BCUT2D eigenvalue weighted by Gasteiger charge is -2.07. The summed E-state index contributed by atoms with van der Waals surface area (Å²) in [5.74, 6) is 1.22. The molecule has 0 fully saturated rings. The Hall–Kier alpha value is -2.34. The third-order valence-electron chi connectivity index (χ3n) is 2.44. The molecule has 1 aromatic heterocycles. The van der Waals surface area contributed by atoms with Crippen LogP contribution in [-0.4, -0.2) is 4.98 Å². The van der Waals surface area contributed by atoms with Gasteiger partial charge in [0, 0.05) is 6.20 Å². The summed E-state index contributed by atoms with van der Waals surface area (Å²) in [6.45, 7) is 2.09. The molecule has 0 N–H and O–H groups in total. The maximum Gasteiger partial charge on any atom is 0.163 e. The lowest BCUT2D eigenvalue weighted by Crippen LogP contribution is -1.90. The summed E-state index contributed by atoms with van der Waals surface area (Å²) in [5, 5.41) is 8.94. The maximum atomic E-state index is 8.94. The molecule has 0 saturated heterocycles. The van der Waals surface area contributed by atoms with E-state index >= 15 is 0 Å². The van der Waals surface area contributed by atoms with E-state index < -0.39 is 0 Å². The zero-order chi connectivity index (χ0) is 12.1. The number of hydrogen-bond donors (Lipinski definition) is 0. The fourth-order valence-corrected chi connectivity index (χ4v) is 1.51. The van der Waals surface area contributed by atoms with Crippen molar-refractivity contribution < 1.29 is 4.74 Å². The van der Waals surface area contributed by atoms with Gasteiger partial charge in [-0.15, -0.1) is 0 Å². The van der Waals surface area contributed by atoms with Crippen LogP contribution < -0.4 is 4.74 Å². The summed E-state index contributed by atoms with van der Waals surface area (Å²) in [4.78, 5) is 3.96. The lowest BCUT2D eigenvalue weighted by molar-refractivity contribution is 0.478. The molecule has 2 aromatic rings. The van der Waals surface area contributed by atoms with E-state index in [1.165, 1.54) is 5.56 Å². The Balaban J connectivity index is 2.28. The molecule has 2 rings (SSSR count). The molecular weight excluding hydrogens is 212 g/mol. The molecular formula is C14H12N2O. The van der Waals surface area contributed by atoms with E-state index in [0.29, 0.717) is 11.3 Å². The number of hydrogen-bond acceptors (Lipinski definition) is 3. The van der Waals surface area contributed by atoms with Gasteiger partial charge in [0.25, 0.3) is 0 Å². The zero-order valence-corrected chi connectivity index (χ0v) is 9.55. The number of aryl methyl sites for hydroxylation is 1. The molecule has 0 amide bonds. The first kappa shape index (κ1) is 11.2. The van der Waals surface area contributed by atoms with Gasteiger partial charge >= 0.3 is 0 Å². The number of ether oxygens (including phenoxy) is 1. The van der Waals surface area contributed by atoms with Crippen LogP contribution in [0.3, 0.4) is 0 Å². The minimum absolute atomic E-state index is 0.488. The molecule has 1 heterocycles. The Kier molecular flexibility index (Phi) is 3.37. The van der Waals surface area contributed by atoms with Crippen molar-refractivity contribution in [3.63, 3.8) is 0 Å². The third kappa shape index (κ3) is 2.61. The SMILES string of the molecule is CCc1cccc(Oc2cnccc2C#N)c1. The second-order valence-electron chi connectivity index (χ2n) is 3.59. The van der Waals surface area contributed by atoms with Crippen molar-refractivity contribution in [2.75, 3.05) is 0 Å². The van der Waals surface area contributed by atoms with Gasteiger partial charge in [-0.3, -0.25) is 4.98 Å². The van der Waals surface area contributed by atoms with Gasteiger partial charge in [0.1, 0.15) is 11.8 Å². The molecule has 0 bridgehead atoms. The third-order valence-corrected chi connectivity index (χ3v) is 2.44. The molecule has 0 radical (unpaired) electrons. The number of nitrogens with zero attached hydrogens (tertiary/aromatic N) is 2. The number of aromatic nitrogens is 1. The summed E-state index contributed by atoms with van der Waals surface area (Å²) in [6.07, 6.45) is 4.08. The van der Waals surface area contributed by atoms with Gasteiger partial charge in [-0.25, -0.2) is 0 Å². The van der Waals surface area contributed by atoms with E-state index in [1.54, 1.807) is 18.5 Å². The Labute approximate surface area is 100 Å². The summed E-state index contributed by atoms with van der Waals surface area (Å²) in [6, 6.07) is 11.5. The van der Waals surface area contributed by atoms with Crippen LogP contribution in [0.15, 0.2) is 42.7 Å². The first-order valence-corrected chi connectivity index (χ1v) is 5.44. The summed E-state index contributed by atoms with van der Waals surface area (Å²) < 4.78 is 5.66. The van der Waals surface area contributed by atoms with Crippen molar-refractivity contribution in [3.05, 3.63) is 53.9 Å². The predicted molar refractivity (Wildman–Crippen MR) is 64.8 cm³/mol. The quantitative estimate of drug-likeness (QED) is 0.803. The maximum absolute atomic E-state index is 8.94. The van der Waals surface area contributed by atoms with Gasteiger partial charge in [-0.2, -0.15) is 5.26 Å². The minimum atomic E-state index is 0.488. The van der Waals surface area contributed by atoms with E-state index in [0.717, 1.165) is 12.2 Å². The summed E-state index contributed by atoms with van der Waals surface area (Å²) >= 11 is 0. The van der Waals surface area contributed by atoms with Crippen molar-refractivity contribution in [1.82, 2.24) is 4.98 Å². The molecule has 3 nitrogen and oxygen atoms in total. The van der Waals surface area contributed by atoms with Gasteiger partial charge in [-0.1, -0.05) is 19.1 Å². The van der Waals surface area contributed by atoms with Gasteiger partial charge in [-0.05, 0) is 30.2 Å². The molecule has 0 spiro atoms. The van der Waals surface area contributed by atoms with Crippen LogP contribution in [0.1, 0.15) is 18.1 Å². The molecule has 0 unspecified atom stereocenters. The van der Waals surface area contributed by atoms with Gasteiger partial charge in [0.05, 0.1) is 11.8 Å². The summed E-state index contributed by atoms with van der Waals surface area (Å²) in [7, 11) is 0. The Bertz CT molecular complexity index is 558. The zero-order valence-electron chi connectivity index (χ0n) is 9.55. The van der Waals surface area contributed by atoms with Crippen LogP contribution in [0.5, 0.6) is 11.5 Å². The topological polar surface area (TPSA) is 45.9 Å². The second-order valence-corrected chi connectivity index (χ2v) is 3.59. The first-order chi connectivity index (χ1) is 8.33. The molecule has 1 aromatic carbocycles. The van der Waals surface area contributed by atoms with Crippen LogP contribution in [-0.2, 0) is 6.42 Å². The highest BCUT2D eigenvalue weighted by Gasteiger charge is 2.04. The Morgan fingerprint density at radius 3 is 3.00 bits per heavy atom. The van der Waals surface area contributed by atoms with Crippen molar-refractivity contribution in [3.8, 4) is 17.6 Å². The Morgan fingerprint density at radius 2 is 2.24 bits per heavy atom. The fourth-order valence-electron chi connectivity index (χ4n) is 1.51. The molecule has 3 heteroatoms. The molecule has 84 valence electrons. The minimum Gasteiger partial charge on any atom is -0.454 e. The van der Waals surface area contributed by atoms with Crippen LogP contribution >= 0.6 is 0 Å². The molecule has 0 aliphatic carbocycles. The fraction of sp³-hybridized carbons (Fsp3) is 0.143. The van der Waals surface area contributed by atoms with Crippen molar-refractivity contribution in [2.24, 2.45) is 0 Å². The average molecular weight is 224 g/mol. The molecule has 0 atom stereocenters. The normalized spacial score (nSPS) is 9.65. The van der Waals surface area contributed by atoms with Crippen molar-refractivity contribution in [1.29, 1.82) is 5.26 Å².